The quantitative estimate of drug-likeness (QED) is 0.395. The van der Waals surface area contributed by atoms with Crippen molar-refractivity contribution in [3.05, 3.63) is 83.4 Å². The molecule has 2 aromatic carbocycles. The van der Waals surface area contributed by atoms with Crippen molar-refractivity contribution in [1.82, 2.24) is 15.3 Å². The van der Waals surface area contributed by atoms with E-state index in [0.717, 1.165) is 11.0 Å². The fraction of sp³-hybridized carbons (Fsp3) is 0.345. The summed E-state index contributed by atoms with van der Waals surface area (Å²) in [6.07, 6.45) is 2.55. The smallest absolute Gasteiger partial charge is 0.252 e. The van der Waals surface area contributed by atoms with Gasteiger partial charge in [0.25, 0.3) is 11.8 Å². The molecule has 2 atom stereocenters. The van der Waals surface area contributed by atoms with Gasteiger partial charge in [0.15, 0.2) is 0 Å². The number of nitrogens with zero attached hydrogens (tertiary/aromatic N) is 4. The number of aromatic nitrogens is 2. The van der Waals surface area contributed by atoms with Crippen molar-refractivity contribution in [3.63, 3.8) is 0 Å². The summed E-state index contributed by atoms with van der Waals surface area (Å²) in [6, 6.07) is 9.55. The van der Waals surface area contributed by atoms with Gasteiger partial charge in [0.2, 0.25) is 17.8 Å². The highest BCUT2D eigenvalue weighted by Crippen LogP contribution is 2.39. The van der Waals surface area contributed by atoms with Crippen molar-refractivity contribution < 1.29 is 27.6 Å². The lowest BCUT2D eigenvalue weighted by Crippen LogP contribution is -2.58. The second kappa shape index (κ2) is 12.3. The molecule has 2 aliphatic rings. The van der Waals surface area contributed by atoms with Crippen molar-refractivity contribution >= 4 is 41.0 Å². The van der Waals surface area contributed by atoms with Crippen LogP contribution < -0.4 is 15.1 Å². The fourth-order valence-corrected chi connectivity index (χ4v) is 5.34. The summed E-state index contributed by atoms with van der Waals surface area (Å²) in [5.41, 5.74) is 0.228. The van der Waals surface area contributed by atoms with Gasteiger partial charge < -0.3 is 5.32 Å². The van der Waals surface area contributed by atoms with Gasteiger partial charge in [0.1, 0.15) is 17.9 Å². The molecule has 3 aromatic rings. The minimum atomic E-state index is -2.89. The largest absolute Gasteiger partial charge is 0.351 e. The lowest BCUT2D eigenvalue weighted by molar-refractivity contribution is -0.133. The molecule has 41 heavy (non-hydrogen) atoms. The summed E-state index contributed by atoms with van der Waals surface area (Å²) in [6.45, 7) is 0. The van der Waals surface area contributed by atoms with Crippen LogP contribution in [0.3, 0.4) is 0 Å². The lowest BCUT2D eigenvalue weighted by atomic mass is 9.87. The number of piperidine rings is 1. The van der Waals surface area contributed by atoms with Crippen LogP contribution in [-0.2, 0) is 14.4 Å². The summed E-state index contributed by atoms with van der Waals surface area (Å²) < 4.78 is 41.7. The second-order valence-electron chi connectivity index (χ2n) is 9.80. The maximum atomic E-state index is 14.5. The Balaban J connectivity index is 0.00000387. The van der Waals surface area contributed by atoms with Crippen molar-refractivity contribution in [1.29, 1.82) is 0 Å². The summed E-state index contributed by atoms with van der Waals surface area (Å²) >= 11 is 6.50. The first-order valence-electron chi connectivity index (χ1n) is 12.7. The van der Waals surface area contributed by atoms with Gasteiger partial charge in [-0.15, -0.1) is 0 Å². The Bertz CT molecular complexity index is 1420. The molecule has 0 radical (unpaired) electrons. The van der Waals surface area contributed by atoms with Gasteiger partial charge in [-0.25, -0.2) is 23.1 Å². The van der Waals surface area contributed by atoms with Crippen molar-refractivity contribution in [2.45, 2.75) is 63.6 Å². The van der Waals surface area contributed by atoms with E-state index in [1.807, 2.05) is 0 Å². The average molecular weight is 588 g/mol. The van der Waals surface area contributed by atoms with Crippen LogP contribution in [0.2, 0.25) is 5.02 Å². The summed E-state index contributed by atoms with van der Waals surface area (Å²) in [5, 5.41) is 2.74. The number of rotatable bonds is 7. The van der Waals surface area contributed by atoms with Crippen LogP contribution in [0, 0.1) is 5.82 Å². The number of benzene rings is 2. The zero-order chi connectivity index (χ0) is 28.4. The zero-order valence-electron chi connectivity index (χ0n) is 21.1. The Morgan fingerprint density at radius 3 is 2.44 bits per heavy atom. The molecule has 12 heteroatoms. The number of hydrogen-bond acceptors (Lipinski definition) is 5. The molecule has 0 bridgehead atoms. The zero-order valence-corrected chi connectivity index (χ0v) is 21.9. The van der Waals surface area contributed by atoms with E-state index in [0.29, 0.717) is 6.42 Å². The number of carbonyl (C=O) groups excluding carboxylic acids is 3. The van der Waals surface area contributed by atoms with E-state index in [4.69, 9.17) is 11.6 Å². The molecule has 0 spiro atoms. The van der Waals surface area contributed by atoms with Crippen molar-refractivity contribution in [2.24, 2.45) is 0 Å². The first-order chi connectivity index (χ1) is 19.1. The molecule has 1 N–H and O–H groups in total. The monoisotopic (exact) mass is 587 g/mol. The number of anilines is 2. The lowest BCUT2D eigenvalue weighted by Gasteiger charge is -2.41. The van der Waals surface area contributed by atoms with Gasteiger partial charge in [-0.2, -0.15) is 0 Å². The first-order valence-corrected chi connectivity index (χ1v) is 13.1. The van der Waals surface area contributed by atoms with Crippen LogP contribution in [0.15, 0.2) is 67.0 Å². The van der Waals surface area contributed by atoms with Gasteiger partial charge in [-0.1, -0.05) is 43.3 Å². The molecular formula is C29H29ClF3N5O3. The molecule has 1 aliphatic carbocycles. The average Bonchev–Trinajstić information content (AvgIpc) is 2.91. The Morgan fingerprint density at radius 2 is 1.78 bits per heavy atom. The van der Waals surface area contributed by atoms with Gasteiger partial charge in [-0.3, -0.25) is 24.2 Å². The second-order valence-corrected chi connectivity index (χ2v) is 10.2. The van der Waals surface area contributed by atoms with E-state index in [9.17, 15) is 27.6 Å². The molecule has 5 rings (SSSR count). The van der Waals surface area contributed by atoms with Crippen molar-refractivity contribution in [3.8, 4) is 0 Å². The molecule has 1 saturated heterocycles. The summed E-state index contributed by atoms with van der Waals surface area (Å²) in [5.74, 6) is -5.41. The number of alkyl halides is 2. The van der Waals surface area contributed by atoms with E-state index >= 15 is 0 Å². The highest BCUT2D eigenvalue weighted by Gasteiger charge is 2.48. The van der Waals surface area contributed by atoms with Crippen LogP contribution >= 0.6 is 11.6 Å². The Labute approximate surface area is 240 Å². The molecule has 216 valence electrons. The summed E-state index contributed by atoms with van der Waals surface area (Å²) in [4.78, 5) is 51.9. The third-order valence-electron chi connectivity index (χ3n) is 6.97. The maximum Gasteiger partial charge on any atom is 0.252 e. The molecule has 8 nitrogen and oxygen atoms in total. The number of halogens is 4. The van der Waals surface area contributed by atoms with Crippen LogP contribution in [0.25, 0.3) is 0 Å². The standard InChI is InChI=1S/C28H25ClF3N5O3.CH4/c29-21-9-2-1-8-20(21)24(25(39)35-18-15-28(31,32)16-18)36(19-7-3-6-17(30)14-19)26(40)22-10-4-11-23(38)37(22)27-33-12-5-13-34-27;/h1-3,5-9,12-14,18,22,24H,4,10-11,15-16H2,(H,35,39);1H4/t22-,24-;/m0./s1. The predicted octanol–water partition coefficient (Wildman–Crippen LogP) is 5.48. The summed E-state index contributed by atoms with van der Waals surface area (Å²) in [7, 11) is 0. The molecule has 3 amide bonds. The molecule has 0 unspecified atom stereocenters. The highest BCUT2D eigenvalue weighted by molar-refractivity contribution is 6.31. The number of amides is 3. The molecule has 1 aromatic heterocycles. The third kappa shape index (κ3) is 6.35. The van der Waals surface area contributed by atoms with E-state index in [-0.39, 0.29) is 48.4 Å². The van der Waals surface area contributed by atoms with Gasteiger partial charge >= 0.3 is 0 Å². The normalized spacial score (nSPS) is 19.0. The Morgan fingerprint density at radius 1 is 1.07 bits per heavy atom. The highest BCUT2D eigenvalue weighted by atomic mass is 35.5. The molecule has 2 heterocycles. The Kier molecular flexibility index (Phi) is 8.96. The van der Waals surface area contributed by atoms with E-state index in [2.05, 4.69) is 15.3 Å². The third-order valence-corrected chi connectivity index (χ3v) is 7.31. The first kappa shape index (κ1) is 30.0. The number of hydrogen-bond donors (Lipinski definition) is 1. The maximum absolute atomic E-state index is 14.5. The minimum absolute atomic E-state index is 0. The van der Waals surface area contributed by atoms with Crippen LogP contribution in [-0.4, -0.2) is 45.7 Å². The van der Waals surface area contributed by atoms with Crippen LogP contribution in [0.5, 0.6) is 0 Å². The van der Waals surface area contributed by atoms with E-state index in [1.54, 1.807) is 18.2 Å². The molecular weight excluding hydrogens is 559 g/mol. The number of carbonyl (C=O) groups is 3. The van der Waals surface area contributed by atoms with Gasteiger partial charge in [-0.05, 0) is 43.2 Å². The molecule has 2 fully saturated rings. The SMILES string of the molecule is C.O=C(NC1CC(F)(F)C1)[C@H](c1ccccc1Cl)N(C(=O)[C@@H]1CCCC(=O)N1c1ncccn1)c1cccc(F)c1. The van der Waals surface area contributed by atoms with Gasteiger partial charge in [0, 0.05) is 54.0 Å². The topological polar surface area (TPSA) is 95.5 Å². The van der Waals surface area contributed by atoms with Crippen LogP contribution in [0.4, 0.5) is 24.8 Å². The predicted molar refractivity (Wildman–Crippen MR) is 148 cm³/mol. The van der Waals surface area contributed by atoms with E-state index in [1.165, 1.54) is 47.6 Å². The molecule has 1 aliphatic heterocycles. The Hall–Kier alpha value is -3.99. The van der Waals surface area contributed by atoms with Gasteiger partial charge in [0.05, 0.1) is 0 Å². The van der Waals surface area contributed by atoms with Crippen LogP contribution in [0.1, 0.15) is 51.1 Å². The van der Waals surface area contributed by atoms with E-state index < -0.39 is 54.5 Å². The fourth-order valence-electron chi connectivity index (χ4n) is 5.10. The number of nitrogens with one attached hydrogen (secondary N) is 1. The van der Waals surface area contributed by atoms with Crippen molar-refractivity contribution in [2.75, 3.05) is 9.80 Å². The minimum Gasteiger partial charge on any atom is -0.351 e. The molecule has 1 saturated carbocycles.